The van der Waals surface area contributed by atoms with Crippen molar-refractivity contribution in [3.8, 4) is 0 Å². The minimum absolute atomic E-state index is 0.239. The highest BCUT2D eigenvalue weighted by molar-refractivity contribution is 9.11. The smallest absolute Gasteiger partial charge is 0.242 e. The van der Waals surface area contributed by atoms with Crippen molar-refractivity contribution < 1.29 is 8.42 Å². The van der Waals surface area contributed by atoms with Crippen LogP contribution in [-0.4, -0.2) is 24.5 Å². The molecule has 104 valence electrons. The molecule has 0 bridgehead atoms. The maximum atomic E-state index is 12.1. The predicted molar refractivity (Wildman–Crippen MR) is 77.3 cm³/mol. The van der Waals surface area contributed by atoms with Gasteiger partial charge in [-0.1, -0.05) is 0 Å². The highest BCUT2D eigenvalue weighted by Crippen LogP contribution is 2.31. The van der Waals surface area contributed by atoms with Gasteiger partial charge in [-0.05, 0) is 22.0 Å². The first-order valence-corrected chi connectivity index (χ1v) is 8.56. The number of imidazole rings is 1. The first kappa shape index (κ1) is 14.7. The van der Waals surface area contributed by atoms with Crippen LogP contribution in [0.2, 0.25) is 0 Å². The standard InChI is InChI=1S/C10H13BrN4O2S2/c11-10-9(5-8(6-12)18-10)19(16,17)14-2-4-15-3-1-13-7-15/h1,3,5,7,14H,2,4,6,12H2. The third-order valence-corrected chi connectivity index (χ3v) is 6.15. The maximum absolute atomic E-state index is 12.1. The van der Waals surface area contributed by atoms with Crippen molar-refractivity contribution in [1.82, 2.24) is 14.3 Å². The Morgan fingerprint density at radius 2 is 2.32 bits per heavy atom. The molecule has 0 fully saturated rings. The highest BCUT2D eigenvalue weighted by atomic mass is 79.9. The van der Waals surface area contributed by atoms with Gasteiger partial charge in [-0.2, -0.15) is 0 Å². The highest BCUT2D eigenvalue weighted by Gasteiger charge is 2.20. The van der Waals surface area contributed by atoms with E-state index in [4.69, 9.17) is 5.73 Å². The number of nitrogens with one attached hydrogen (secondary N) is 1. The Hall–Kier alpha value is -0.740. The van der Waals surface area contributed by atoms with E-state index >= 15 is 0 Å². The van der Waals surface area contributed by atoms with Crippen LogP contribution in [0.15, 0.2) is 33.5 Å². The van der Waals surface area contributed by atoms with Gasteiger partial charge in [-0.3, -0.25) is 0 Å². The summed E-state index contributed by atoms with van der Waals surface area (Å²) in [6.45, 7) is 1.16. The van der Waals surface area contributed by atoms with E-state index in [-0.39, 0.29) is 4.90 Å². The van der Waals surface area contributed by atoms with Crippen LogP contribution in [0.1, 0.15) is 4.88 Å². The van der Waals surface area contributed by atoms with Crippen LogP contribution in [0, 0.1) is 0 Å². The van der Waals surface area contributed by atoms with Gasteiger partial charge < -0.3 is 10.3 Å². The molecular formula is C10H13BrN4O2S2. The summed E-state index contributed by atoms with van der Waals surface area (Å²) in [4.78, 5) is 4.95. The van der Waals surface area contributed by atoms with Crippen LogP contribution in [0.3, 0.4) is 0 Å². The lowest BCUT2D eigenvalue weighted by molar-refractivity contribution is 0.572. The van der Waals surface area contributed by atoms with Gasteiger partial charge in [0, 0.05) is 36.9 Å². The van der Waals surface area contributed by atoms with Crippen molar-refractivity contribution in [2.24, 2.45) is 5.73 Å². The Labute approximate surface area is 123 Å². The first-order chi connectivity index (χ1) is 9.03. The van der Waals surface area contributed by atoms with Crippen molar-refractivity contribution >= 4 is 37.3 Å². The third kappa shape index (κ3) is 3.63. The molecule has 2 aromatic heterocycles. The summed E-state index contributed by atoms with van der Waals surface area (Å²) in [5, 5.41) is 0. The quantitative estimate of drug-likeness (QED) is 0.804. The molecule has 2 rings (SSSR count). The number of nitrogens with zero attached hydrogens (tertiary/aromatic N) is 2. The van der Waals surface area contributed by atoms with Gasteiger partial charge in [0.05, 0.1) is 10.1 Å². The van der Waals surface area contributed by atoms with E-state index in [1.165, 1.54) is 11.3 Å². The van der Waals surface area contributed by atoms with Gasteiger partial charge in [0.15, 0.2) is 0 Å². The van der Waals surface area contributed by atoms with E-state index < -0.39 is 10.0 Å². The summed E-state index contributed by atoms with van der Waals surface area (Å²) >= 11 is 4.58. The third-order valence-electron chi connectivity index (χ3n) is 2.42. The van der Waals surface area contributed by atoms with E-state index in [1.807, 2.05) is 0 Å². The molecule has 0 saturated heterocycles. The molecule has 3 N–H and O–H groups in total. The van der Waals surface area contributed by atoms with Crippen LogP contribution in [0.5, 0.6) is 0 Å². The fourth-order valence-corrected chi connectivity index (χ4v) is 5.07. The largest absolute Gasteiger partial charge is 0.336 e. The number of aromatic nitrogens is 2. The molecule has 2 heterocycles. The van der Waals surface area contributed by atoms with Crippen LogP contribution in [-0.2, 0) is 23.1 Å². The van der Waals surface area contributed by atoms with Crippen LogP contribution in [0.25, 0.3) is 0 Å². The second kappa shape index (κ2) is 6.14. The van der Waals surface area contributed by atoms with Gasteiger partial charge in [-0.15, -0.1) is 11.3 Å². The SMILES string of the molecule is NCc1cc(S(=O)(=O)NCCn2ccnc2)c(Br)s1. The molecule has 0 radical (unpaired) electrons. The average molecular weight is 365 g/mol. The van der Waals surface area contributed by atoms with E-state index in [9.17, 15) is 8.42 Å². The summed E-state index contributed by atoms with van der Waals surface area (Å²) < 4.78 is 29.1. The zero-order valence-electron chi connectivity index (χ0n) is 9.91. The fraction of sp³-hybridized carbons (Fsp3) is 0.300. The van der Waals surface area contributed by atoms with Gasteiger partial charge in [0.1, 0.15) is 4.90 Å². The molecular weight excluding hydrogens is 352 g/mol. The van der Waals surface area contributed by atoms with Crippen LogP contribution < -0.4 is 10.5 Å². The molecule has 0 spiro atoms. The Morgan fingerprint density at radius 3 is 2.89 bits per heavy atom. The minimum Gasteiger partial charge on any atom is -0.336 e. The number of rotatable bonds is 6. The molecule has 0 aliphatic heterocycles. The predicted octanol–water partition coefficient (Wildman–Crippen LogP) is 1.14. The second-order valence-corrected chi connectivity index (χ2v) is 7.94. The van der Waals surface area contributed by atoms with Crippen molar-refractivity contribution in [2.75, 3.05) is 6.54 Å². The lowest BCUT2D eigenvalue weighted by Gasteiger charge is -2.06. The molecule has 6 nitrogen and oxygen atoms in total. The number of nitrogens with two attached hydrogens (primary N) is 1. The van der Waals surface area contributed by atoms with Gasteiger partial charge >= 0.3 is 0 Å². The van der Waals surface area contributed by atoms with Crippen molar-refractivity contribution in [3.05, 3.63) is 33.5 Å². The van der Waals surface area contributed by atoms with Crippen LogP contribution >= 0.6 is 27.3 Å². The number of hydrogen-bond donors (Lipinski definition) is 2. The first-order valence-electron chi connectivity index (χ1n) is 5.46. The zero-order chi connectivity index (χ0) is 13.9. The van der Waals surface area contributed by atoms with E-state index in [1.54, 1.807) is 29.4 Å². The Kier molecular flexibility index (Phi) is 4.74. The molecule has 0 atom stereocenters. The zero-order valence-corrected chi connectivity index (χ0v) is 13.1. The molecule has 0 saturated carbocycles. The summed E-state index contributed by atoms with van der Waals surface area (Å²) in [6, 6.07) is 1.59. The van der Waals surface area contributed by atoms with E-state index in [2.05, 4.69) is 25.6 Å². The molecule has 0 amide bonds. The number of sulfonamides is 1. The van der Waals surface area contributed by atoms with Crippen molar-refractivity contribution in [2.45, 2.75) is 18.0 Å². The lowest BCUT2D eigenvalue weighted by Crippen LogP contribution is -2.27. The summed E-state index contributed by atoms with van der Waals surface area (Å²) in [6.07, 6.45) is 5.07. The van der Waals surface area contributed by atoms with Crippen molar-refractivity contribution in [3.63, 3.8) is 0 Å². The molecule has 19 heavy (non-hydrogen) atoms. The Bertz CT molecular complexity index is 637. The molecule has 0 aromatic carbocycles. The van der Waals surface area contributed by atoms with Crippen molar-refractivity contribution in [1.29, 1.82) is 0 Å². The van der Waals surface area contributed by atoms with Gasteiger partial charge in [0.2, 0.25) is 10.0 Å². The Morgan fingerprint density at radius 1 is 1.53 bits per heavy atom. The second-order valence-electron chi connectivity index (χ2n) is 3.75. The minimum atomic E-state index is -3.51. The summed E-state index contributed by atoms with van der Waals surface area (Å²) in [7, 11) is -3.51. The summed E-state index contributed by atoms with van der Waals surface area (Å²) in [5.74, 6) is 0. The monoisotopic (exact) mass is 364 g/mol. The molecule has 9 heteroatoms. The fourth-order valence-electron chi connectivity index (χ4n) is 1.49. The van der Waals surface area contributed by atoms with E-state index in [0.717, 1.165) is 4.88 Å². The topological polar surface area (TPSA) is 90.0 Å². The lowest BCUT2D eigenvalue weighted by atomic mass is 10.5. The molecule has 0 unspecified atom stereocenters. The van der Waals surface area contributed by atoms with Crippen LogP contribution in [0.4, 0.5) is 0 Å². The number of hydrogen-bond acceptors (Lipinski definition) is 5. The Balaban J connectivity index is 2.03. The van der Waals surface area contributed by atoms with Gasteiger partial charge in [-0.25, -0.2) is 18.1 Å². The molecule has 0 aliphatic rings. The normalized spacial score (nSPS) is 11.9. The summed E-state index contributed by atoms with van der Waals surface area (Å²) in [5.41, 5.74) is 5.50. The molecule has 0 aliphatic carbocycles. The number of halogens is 1. The molecule has 2 aromatic rings. The van der Waals surface area contributed by atoms with E-state index in [0.29, 0.717) is 23.4 Å². The van der Waals surface area contributed by atoms with Gasteiger partial charge in [0.25, 0.3) is 0 Å². The number of thiophene rings is 1. The maximum Gasteiger partial charge on any atom is 0.242 e. The average Bonchev–Trinajstić information content (AvgIpc) is 2.98.